The van der Waals surface area contributed by atoms with E-state index in [1.165, 1.54) is 0 Å². The molecule has 1 aromatic carbocycles. The van der Waals surface area contributed by atoms with Crippen LogP contribution in [0.15, 0.2) is 22.7 Å². The Bertz CT molecular complexity index is 644. The lowest BCUT2D eigenvalue weighted by atomic mass is 10.1. The highest BCUT2D eigenvalue weighted by Crippen LogP contribution is 2.38. The Morgan fingerprint density at radius 3 is 2.90 bits per heavy atom. The fourth-order valence-corrected chi connectivity index (χ4v) is 2.00. The second kappa shape index (κ2) is 5.07. The average Bonchev–Trinajstić information content (AvgIpc) is 3.17. The first-order chi connectivity index (χ1) is 9.63. The van der Waals surface area contributed by atoms with E-state index in [9.17, 15) is 4.79 Å². The van der Waals surface area contributed by atoms with Crippen LogP contribution in [-0.4, -0.2) is 15.9 Å². The van der Waals surface area contributed by atoms with E-state index in [-0.39, 0.29) is 12.4 Å². The van der Waals surface area contributed by atoms with Gasteiger partial charge in [-0.1, -0.05) is 5.16 Å². The number of carbonyl (C=O) groups excluding carboxylic acids is 1. The summed E-state index contributed by atoms with van der Waals surface area (Å²) in [7, 11) is 0. The van der Waals surface area contributed by atoms with E-state index in [0.717, 1.165) is 30.0 Å². The molecule has 0 unspecified atom stereocenters. The summed E-state index contributed by atoms with van der Waals surface area (Å²) in [5, 5.41) is 3.94. The Morgan fingerprint density at radius 2 is 2.25 bits per heavy atom. The molecule has 0 bridgehead atoms. The van der Waals surface area contributed by atoms with Gasteiger partial charge in [-0.2, -0.15) is 4.98 Å². The third-order valence-corrected chi connectivity index (χ3v) is 3.36. The van der Waals surface area contributed by atoms with E-state index in [0.29, 0.717) is 17.4 Å². The van der Waals surface area contributed by atoms with Gasteiger partial charge in [-0.05, 0) is 50.5 Å². The Balaban J connectivity index is 1.66. The Hall–Kier alpha value is -2.17. The normalized spacial score (nSPS) is 14.3. The van der Waals surface area contributed by atoms with E-state index in [4.69, 9.17) is 9.26 Å². The lowest BCUT2D eigenvalue weighted by Crippen LogP contribution is -1.99. The molecule has 0 amide bonds. The molecular weight excluding hydrogens is 256 g/mol. The Kier molecular flexibility index (Phi) is 3.26. The number of hydrogen-bond acceptors (Lipinski definition) is 5. The molecule has 1 fully saturated rings. The smallest absolute Gasteiger partial charge is 0.264 e. The molecule has 3 rings (SSSR count). The summed E-state index contributed by atoms with van der Waals surface area (Å²) in [6.07, 6.45) is 2.29. The van der Waals surface area contributed by atoms with Gasteiger partial charge in [0.25, 0.3) is 5.89 Å². The van der Waals surface area contributed by atoms with Crippen LogP contribution in [0.4, 0.5) is 0 Å². The molecule has 0 radical (unpaired) electrons. The van der Waals surface area contributed by atoms with Crippen molar-refractivity contribution in [2.75, 3.05) is 0 Å². The van der Waals surface area contributed by atoms with Gasteiger partial charge in [0.1, 0.15) is 5.75 Å². The van der Waals surface area contributed by atoms with E-state index in [2.05, 4.69) is 10.1 Å². The predicted octanol–water partition coefficient (Wildman–Crippen LogP) is 3.04. The van der Waals surface area contributed by atoms with Crippen molar-refractivity contribution in [2.45, 2.75) is 39.2 Å². The van der Waals surface area contributed by atoms with Crippen LogP contribution in [0.5, 0.6) is 5.75 Å². The zero-order chi connectivity index (χ0) is 14.1. The molecule has 1 aliphatic rings. The minimum Gasteiger partial charge on any atom is -0.483 e. The molecule has 0 saturated heterocycles. The maximum Gasteiger partial charge on any atom is 0.264 e. The van der Waals surface area contributed by atoms with Gasteiger partial charge in [-0.25, -0.2) is 0 Å². The SMILES string of the molecule is CC(=O)c1ccc(OCc2nc(C3CC3)no2)c(C)c1. The molecule has 20 heavy (non-hydrogen) atoms. The van der Waals surface area contributed by atoms with E-state index < -0.39 is 0 Å². The van der Waals surface area contributed by atoms with E-state index in [1.807, 2.05) is 13.0 Å². The Morgan fingerprint density at radius 1 is 1.45 bits per heavy atom. The summed E-state index contributed by atoms with van der Waals surface area (Å²) in [4.78, 5) is 15.6. The van der Waals surface area contributed by atoms with Crippen molar-refractivity contribution < 1.29 is 14.1 Å². The van der Waals surface area contributed by atoms with Crippen LogP contribution in [0.2, 0.25) is 0 Å². The first-order valence-electron chi connectivity index (χ1n) is 6.70. The molecule has 104 valence electrons. The largest absolute Gasteiger partial charge is 0.483 e. The first-order valence-corrected chi connectivity index (χ1v) is 6.70. The van der Waals surface area contributed by atoms with Gasteiger partial charge in [0.15, 0.2) is 18.2 Å². The van der Waals surface area contributed by atoms with Crippen molar-refractivity contribution in [3.05, 3.63) is 41.0 Å². The highest BCUT2D eigenvalue weighted by Gasteiger charge is 2.28. The third-order valence-electron chi connectivity index (χ3n) is 3.36. The molecule has 1 saturated carbocycles. The van der Waals surface area contributed by atoms with E-state index >= 15 is 0 Å². The molecule has 0 spiro atoms. The number of nitrogens with zero attached hydrogens (tertiary/aromatic N) is 2. The Labute approximate surface area is 116 Å². The van der Waals surface area contributed by atoms with Gasteiger partial charge in [0, 0.05) is 11.5 Å². The number of aromatic nitrogens is 2. The molecule has 1 aliphatic carbocycles. The van der Waals surface area contributed by atoms with Gasteiger partial charge < -0.3 is 9.26 Å². The molecule has 2 aromatic rings. The molecule has 0 aliphatic heterocycles. The van der Waals surface area contributed by atoms with Gasteiger partial charge in [0.05, 0.1) is 0 Å². The molecule has 0 atom stereocenters. The van der Waals surface area contributed by atoms with Crippen molar-refractivity contribution in [1.82, 2.24) is 10.1 Å². The summed E-state index contributed by atoms with van der Waals surface area (Å²) in [5.74, 6) is 2.52. The number of hydrogen-bond donors (Lipinski definition) is 0. The predicted molar refractivity (Wildman–Crippen MR) is 71.8 cm³/mol. The molecule has 5 nitrogen and oxygen atoms in total. The standard InChI is InChI=1S/C15H16N2O3/c1-9-7-12(10(2)18)5-6-13(9)19-8-14-16-15(17-20-14)11-3-4-11/h5-7,11H,3-4,8H2,1-2H3. The molecular formula is C15H16N2O3. The molecule has 0 N–H and O–H groups in total. The van der Waals surface area contributed by atoms with Gasteiger partial charge >= 0.3 is 0 Å². The van der Waals surface area contributed by atoms with Crippen LogP contribution < -0.4 is 4.74 Å². The summed E-state index contributed by atoms with van der Waals surface area (Å²) < 4.78 is 10.8. The number of Topliss-reactive ketones (excluding diaryl/α,β-unsaturated/α-hetero) is 1. The van der Waals surface area contributed by atoms with Gasteiger partial charge in [-0.3, -0.25) is 4.79 Å². The zero-order valence-corrected chi connectivity index (χ0v) is 11.5. The number of aryl methyl sites for hydroxylation is 1. The number of rotatable bonds is 5. The number of benzene rings is 1. The summed E-state index contributed by atoms with van der Waals surface area (Å²) >= 11 is 0. The van der Waals surface area contributed by atoms with Crippen molar-refractivity contribution in [3.8, 4) is 5.75 Å². The number of ketones is 1. The summed E-state index contributed by atoms with van der Waals surface area (Å²) in [6.45, 7) is 3.71. The minimum atomic E-state index is 0.0469. The summed E-state index contributed by atoms with van der Waals surface area (Å²) in [6, 6.07) is 5.37. The van der Waals surface area contributed by atoms with Crippen molar-refractivity contribution in [1.29, 1.82) is 0 Å². The van der Waals surface area contributed by atoms with Crippen molar-refractivity contribution >= 4 is 5.78 Å². The highest BCUT2D eigenvalue weighted by atomic mass is 16.5. The monoisotopic (exact) mass is 272 g/mol. The van der Waals surface area contributed by atoms with Crippen LogP contribution in [0.3, 0.4) is 0 Å². The molecule has 1 aromatic heterocycles. The average molecular weight is 272 g/mol. The first kappa shape index (κ1) is 12.8. The van der Waals surface area contributed by atoms with Crippen LogP contribution in [0.1, 0.15) is 53.3 Å². The van der Waals surface area contributed by atoms with Crippen molar-refractivity contribution in [3.63, 3.8) is 0 Å². The van der Waals surface area contributed by atoms with E-state index in [1.54, 1.807) is 19.1 Å². The second-order valence-electron chi connectivity index (χ2n) is 5.15. The number of carbonyl (C=O) groups is 1. The zero-order valence-electron chi connectivity index (χ0n) is 11.5. The molecule has 1 heterocycles. The van der Waals surface area contributed by atoms with Crippen LogP contribution in [0.25, 0.3) is 0 Å². The van der Waals surface area contributed by atoms with Gasteiger partial charge in [-0.15, -0.1) is 0 Å². The third kappa shape index (κ3) is 2.71. The number of ether oxygens (including phenoxy) is 1. The lowest BCUT2D eigenvalue weighted by molar-refractivity contribution is 0.101. The van der Waals surface area contributed by atoms with Crippen molar-refractivity contribution in [2.24, 2.45) is 0 Å². The lowest BCUT2D eigenvalue weighted by Gasteiger charge is -2.07. The van der Waals surface area contributed by atoms with Crippen LogP contribution in [-0.2, 0) is 6.61 Å². The maximum absolute atomic E-state index is 11.3. The highest BCUT2D eigenvalue weighted by molar-refractivity contribution is 5.94. The van der Waals surface area contributed by atoms with Crippen LogP contribution >= 0.6 is 0 Å². The maximum atomic E-state index is 11.3. The molecule has 5 heteroatoms. The fraction of sp³-hybridized carbons (Fsp3) is 0.400. The minimum absolute atomic E-state index is 0.0469. The summed E-state index contributed by atoms with van der Waals surface area (Å²) in [5.41, 5.74) is 1.60. The van der Waals surface area contributed by atoms with Crippen LogP contribution in [0, 0.1) is 6.92 Å². The fourth-order valence-electron chi connectivity index (χ4n) is 2.00. The van der Waals surface area contributed by atoms with Gasteiger partial charge in [0.2, 0.25) is 0 Å². The topological polar surface area (TPSA) is 65.2 Å². The quantitative estimate of drug-likeness (QED) is 0.783. The second-order valence-corrected chi connectivity index (χ2v) is 5.15.